The van der Waals surface area contributed by atoms with Crippen molar-refractivity contribution in [3.8, 4) is 11.5 Å². The van der Waals surface area contributed by atoms with E-state index >= 15 is 0 Å². The van der Waals surface area contributed by atoms with Crippen molar-refractivity contribution in [1.29, 1.82) is 0 Å². The van der Waals surface area contributed by atoms with Crippen molar-refractivity contribution in [1.82, 2.24) is 0 Å². The molecule has 1 aromatic rings. The maximum absolute atomic E-state index is 13.4. The Kier molecular flexibility index (Phi) is 4.16. The normalized spacial score (nSPS) is 11.2. The zero-order valence-electron chi connectivity index (χ0n) is 10.9. The third-order valence-electron chi connectivity index (χ3n) is 2.73. The SMILES string of the molecule is COc1cc(F)cc(CC(C)(C)C(=O)O)c1OC. The van der Waals surface area contributed by atoms with Crippen molar-refractivity contribution in [2.75, 3.05) is 14.2 Å². The number of hydrogen-bond acceptors (Lipinski definition) is 3. The predicted molar refractivity (Wildman–Crippen MR) is 64.6 cm³/mol. The number of methoxy groups -OCH3 is 2. The number of carboxylic acids is 1. The Morgan fingerprint density at radius 1 is 1.33 bits per heavy atom. The van der Waals surface area contributed by atoms with E-state index in [1.165, 1.54) is 26.4 Å². The molecule has 0 aromatic heterocycles. The van der Waals surface area contributed by atoms with Crippen LogP contribution >= 0.6 is 0 Å². The lowest BCUT2D eigenvalue weighted by molar-refractivity contribution is -0.146. The lowest BCUT2D eigenvalue weighted by Crippen LogP contribution is -2.26. The van der Waals surface area contributed by atoms with E-state index in [1.54, 1.807) is 13.8 Å². The van der Waals surface area contributed by atoms with Crippen LogP contribution in [0.4, 0.5) is 4.39 Å². The van der Waals surface area contributed by atoms with Crippen molar-refractivity contribution in [2.45, 2.75) is 20.3 Å². The van der Waals surface area contributed by atoms with Crippen LogP contribution in [0.2, 0.25) is 0 Å². The summed E-state index contributed by atoms with van der Waals surface area (Å²) in [5.74, 6) is -0.807. The molecule has 4 nitrogen and oxygen atoms in total. The lowest BCUT2D eigenvalue weighted by atomic mass is 9.85. The van der Waals surface area contributed by atoms with E-state index in [2.05, 4.69) is 0 Å². The van der Waals surface area contributed by atoms with E-state index in [0.29, 0.717) is 11.3 Å². The molecule has 0 aliphatic carbocycles. The van der Waals surface area contributed by atoms with Crippen LogP contribution in [-0.4, -0.2) is 25.3 Å². The second-order valence-electron chi connectivity index (χ2n) is 4.67. The molecule has 0 unspecified atom stereocenters. The summed E-state index contributed by atoms with van der Waals surface area (Å²) in [4.78, 5) is 11.1. The van der Waals surface area contributed by atoms with Crippen LogP contribution in [0.3, 0.4) is 0 Å². The van der Waals surface area contributed by atoms with Gasteiger partial charge in [0, 0.05) is 11.6 Å². The summed E-state index contributed by atoms with van der Waals surface area (Å²) in [6.07, 6.45) is 0.152. The molecule has 0 atom stereocenters. The minimum absolute atomic E-state index is 0.152. The van der Waals surface area contributed by atoms with Crippen molar-refractivity contribution in [2.24, 2.45) is 5.41 Å². The highest BCUT2D eigenvalue weighted by Gasteiger charge is 2.29. The number of ether oxygens (including phenoxy) is 2. The number of aliphatic carboxylic acids is 1. The highest BCUT2D eigenvalue weighted by molar-refractivity contribution is 5.74. The molecule has 0 aliphatic rings. The van der Waals surface area contributed by atoms with Gasteiger partial charge in [0.2, 0.25) is 0 Å². The predicted octanol–water partition coefficient (Wildman–Crippen LogP) is 2.50. The maximum Gasteiger partial charge on any atom is 0.309 e. The second-order valence-corrected chi connectivity index (χ2v) is 4.67. The van der Waals surface area contributed by atoms with Crippen molar-refractivity contribution < 1.29 is 23.8 Å². The largest absolute Gasteiger partial charge is 0.493 e. The summed E-state index contributed by atoms with van der Waals surface area (Å²) in [6, 6.07) is 2.47. The summed E-state index contributed by atoms with van der Waals surface area (Å²) in [5, 5.41) is 9.10. The summed E-state index contributed by atoms with van der Waals surface area (Å²) >= 11 is 0. The van der Waals surface area contributed by atoms with E-state index in [1.807, 2.05) is 0 Å². The van der Waals surface area contributed by atoms with Crippen LogP contribution in [0.15, 0.2) is 12.1 Å². The standard InChI is InChI=1S/C13H17FO4/c1-13(2,12(15)16)7-8-5-9(14)6-10(17-3)11(8)18-4/h5-6H,7H2,1-4H3,(H,15,16). The summed E-state index contributed by atoms with van der Waals surface area (Å²) in [7, 11) is 2.84. The molecular weight excluding hydrogens is 239 g/mol. The fourth-order valence-corrected chi connectivity index (χ4v) is 1.69. The number of carboxylic acid groups (broad SMARTS) is 1. The van der Waals surface area contributed by atoms with Gasteiger partial charge in [-0.2, -0.15) is 0 Å². The van der Waals surface area contributed by atoms with Gasteiger partial charge in [0.05, 0.1) is 19.6 Å². The van der Waals surface area contributed by atoms with E-state index in [0.717, 1.165) is 0 Å². The molecule has 1 aromatic carbocycles. The number of halogens is 1. The van der Waals surface area contributed by atoms with Gasteiger partial charge in [0.25, 0.3) is 0 Å². The molecule has 1 rings (SSSR count). The third kappa shape index (κ3) is 2.91. The van der Waals surface area contributed by atoms with Crippen molar-refractivity contribution in [3.63, 3.8) is 0 Å². The molecule has 0 bridgehead atoms. The fourth-order valence-electron chi connectivity index (χ4n) is 1.69. The van der Waals surface area contributed by atoms with Gasteiger partial charge in [-0.1, -0.05) is 0 Å². The monoisotopic (exact) mass is 256 g/mol. The number of hydrogen-bond donors (Lipinski definition) is 1. The molecule has 0 spiro atoms. The fraction of sp³-hybridized carbons (Fsp3) is 0.462. The summed E-state index contributed by atoms with van der Waals surface area (Å²) < 4.78 is 23.6. The van der Waals surface area contributed by atoms with Gasteiger partial charge in [-0.05, 0) is 26.3 Å². The quantitative estimate of drug-likeness (QED) is 0.879. The minimum atomic E-state index is -1.01. The Balaban J connectivity index is 3.23. The van der Waals surface area contributed by atoms with Gasteiger partial charge in [-0.15, -0.1) is 0 Å². The molecule has 0 amide bonds. The first-order valence-electron chi connectivity index (χ1n) is 5.45. The van der Waals surface area contributed by atoms with Crippen LogP contribution in [-0.2, 0) is 11.2 Å². The highest BCUT2D eigenvalue weighted by atomic mass is 19.1. The molecule has 18 heavy (non-hydrogen) atoms. The topological polar surface area (TPSA) is 55.8 Å². The summed E-state index contributed by atoms with van der Waals surface area (Å²) in [6.45, 7) is 3.15. The first-order valence-corrected chi connectivity index (χ1v) is 5.45. The van der Waals surface area contributed by atoms with E-state index in [4.69, 9.17) is 14.6 Å². The van der Waals surface area contributed by atoms with Crippen molar-refractivity contribution in [3.05, 3.63) is 23.5 Å². The summed E-state index contributed by atoms with van der Waals surface area (Å²) in [5.41, 5.74) is -0.534. The second kappa shape index (κ2) is 5.25. The average molecular weight is 256 g/mol. The zero-order valence-corrected chi connectivity index (χ0v) is 10.9. The maximum atomic E-state index is 13.4. The van der Waals surface area contributed by atoms with Gasteiger partial charge in [0.15, 0.2) is 11.5 Å². The van der Waals surface area contributed by atoms with E-state index in [-0.39, 0.29) is 12.2 Å². The molecule has 0 aliphatic heterocycles. The van der Waals surface area contributed by atoms with E-state index in [9.17, 15) is 9.18 Å². The van der Waals surface area contributed by atoms with Gasteiger partial charge in [-0.3, -0.25) is 4.79 Å². The highest BCUT2D eigenvalue weighted by Crippen LogP contribution is 2.36. The third-order valence-corrected chi connectivity index (χ3v) is 2.73. The smallest absolute Gasteiger partial charge is 0.309 e. The Labute approximate surface area is 105 Å². The molecule has 0 fully saturated rings. The lowest BCUT2D eigenvalue weighted by Gasteiger charge is -2.21. The Bertz CT molecular complexity index is 455. The Morgan fingerprint density at radius 2 is 1.94 bits per heavy atom. The van der Waals surface area contributed by atoms with Crippen LogP contribution in [0, 0.1) is 11.2 Å². The Morgan fingerprint density at radius 3 is 2.39 bits per heavy atom. The van der Waals surface area contributed by atoms with E-state index < -0.39 is 17.2 Å². The molecule has 0 saturated heterocycles. The van der Waals surface area contributed by atoms with Crippen LogP contribution in [0.25, 0.3) is 0 Å². The van der Waals surface area contributed by atoms with Crippen LogP contribution in [0.1, 0.15) is 19.4 Å². The number of carbonyl (C=O) groups is 1. The molecule has 5 heteroatoms. The number of rotatable bonds is 5. The van der Waals surface area contributed by atoms with Gasteiger partial charge in [0.1, 0.15) is 5.82 Å². The molecule has 1 N–H and O–H groups in total. The van der Waals surface area contributed by atoms with Crippen LogP contribution in [0.5, 0.6) is 11.5 Å². The van der Waals surface area contributed by atoms with Crippen LogP contribution < -0.4 is 9.47 Å². The minimum Gasteiger partial charge on any atom is -0.493 e. The zero-order chi connectivity index (χ0) is 13.9. The molecule has 0 radical (unpaired) electrons. The van der Waals surface area contributed by atoms with Gasteiger partial charge >= 0.3 is 5.97 Å². The first-order chi connectivity index (χ1) is 8.31. The first kappa shape index (κ1) is 14.3. The Hall–Kier alpha value is -1.78. The van der Waals surface area contributed by atoms with Gasteiger partial charge in [-0.25, -0.2) is 4.39 Å². The van der Waals surface area contributed by atoms with Crippen molar-refractivity contribution >= 4 is 5.97 Å². The molecular formula is C13H17FO4. The van der Waals surface area contributed by atoms with Gasteiger partial charge < -0.3 is 14.6 Å². The number of benzene rings is 1. The molecule has 100 valence electrons. The molecule has 0 saturated carbocycles. The molecule has 0 heterocycles. The average Bonchev–Trinajstić information content (AvgIpc) is 2.27.